The number of amides is 1. The average molecular weight is 341 g/mol. The fourth-order valence-electron chi connectivity index (χ4n) is 0.944. The summed E-state index contributed by atoms with van der Waals surface area (Å²) in [5.41, 5.74) is 0.496. The van der Waals surface area contributed by atoms with Crippen LogP contribution in [0.2, 0.25) is 0 Å². The van der Waals surface area contributed by atoms with Gasteiger partial charge in [-0.2, -0.15) is 0 Å². The SMILES string of the molecule is O=C(NCCOCCBr)c1ccoc1Br. The van der Waals surface area contributed by atoms with Gasteiger partial charge >= 0.3 is 0 Å². The van der Waals surface area contributed by atoms with E-state index in [9.17, 15) is 4.79 Å². The Morgan fingerprint density at radius 2 is 2.33 bits per heavy atom. The van der Waals surface area contributed by atoms with E-state index in [0.717, 1.165) is 5.33 Å². The number of hydrogen-bond donors (Lipinski definition) is 1. The maximum absolute atomic E-state index is 11.5. The van der Waals surface area contributed by atoms with Gasteiger partial charge in [0.1, 0.15) is 0 Å². The molecule has 0 radical (unpaired) electrons. The van der Waals surface area contributed by atoms with Crippen molar-refractivity contribution in [3.8, 4) is 0 Å². The van der Waals surface area contributed by atoms with Crippen molar-refractivity contribution in [2.75, 3.05) is 25.1 Å². The topological polar surface area (TPSA) is 51.5 Å². The van der Waals surface area contributed by atoms with Gasteiger partial charge in [0, 0.05) is 11.9 Å². The van der Waals surface area contributed by atoms with Gasteiger partial charge in [0.2, 0.25) is 0 Å². The van der Waals surface area contributed by atoms with E-state index in [4.69, 9.17) is 9.15 Å². The molecule has 0 fully saturated rings. The summed E-state index contributed by atoms with van der Waals surface area (Å²) in [5.74, 6) is -0.168. The Bertz CT molecular complexity index is 314. The number of nitrogens with one attached hydrogen (secondary N) is 1. The molecule has 0 aliphatic rings. The highest BCUT2D eigenvalue weighted by Crippen LogP contribution is 2.16. The van der Waals surface area contributed by atoms with E-state index in [-0.39, 0.29) is 5.91 Å². The fourth-order valence-corrected chi connectivity index (χ4v) is 1.59. The van der Waals surface area contributed by atoms with E-state index in [0.29, 0.717) is 30.0 Å². The van der Waals surface area contributed by atoms with Crippen LogP contribution in [0, 0.1) is 0 Å². The number of alkyl halides is 1. The van der Waals surface area contributed by atoms with Crippen LogP contribution in [0.15, 0.2) is 21.4 Å². The summed E-state index contributed by atoms with van der Waals surface area (Å²) in [4.78, 5) is 11.5. The Balaban J connectivity index is 2.22. The van der Waals surface area contributed by atoms with Crippen LogP contribution in [-0.2, 0) is 4.74 Å². The summed E-state index contributed by atoms with van der Waals surface area (Å²) in [6.45, 7) is 1.64. The van der Waals surface area contributed by atoms with Gasteiger partial charge in [-0.3, -0.25) is 4.79 Å². The Kier molecular flexibility index (Phi) is 5.97. The molecule has 1 amide bonds. The van der Waals surface area contributed by atoms with E-state index >= 15 is 0 Å². The molecule has 0 aliphatic heterocycles. The molecule has 1 N–H and O–H groups in total. The Morgan fingerprint density at radius 3 is 2.93 bits per heavy atom. The van der Waals surface area contributed by atoms with Crippen LogP contribution in [0.4, 0.5) is 0 Å². The highest BCUT2D eigenvalue weighted by molar-refractivity contribution is 9.10. The number of furan rings is 1. The normalized spacial score (nSPS) is 10.3. The van der Waals surface area contributed by atoms with E-state index in [1.165, 1.54) is 6.26 Å². The molecule has 0 unspecified atom stereocenters. The van der Waals surface area contributed by atoms with Gasteiger partial charge < -0.3 is 14.5 Å². The van der Waals surface area contributed by atoms with Gasteiger partial charge in [0.05, 0.1) is 25.0 Å². The summed E-state index contributed by atoms with van der Waals surface area (Å²) < 4.78 is 10.6. The molecule has 0 aliphatic carbocycles. The maximum Gasteiger partial charge on any atom is 0.255 e. The summed E-state index contributed by atoms with van der Waals surface area (Å²) in [6.07, 6.45) is 1.46. The van der Waals surface area contributed by atoms with Crippen molar-refractivity contribution in [1.82, 2.24) is 5.32 Å². The van der Waals surface area contributed by atoms with Crippen molar-refractivity contribution in [2.45, 2.75) is 0 Å². The lowest BCUT2D eigenvalue weighted by Gasteiger charge is -2.04. The molecule has 0 bridgehead atoms. The molecule has 0 saturated carbocycles. The summed E-state index contributed by atoms with van der Waals surface area (Å²) in [6, 6.07) is 1.61. The zero-order valence-electron chi connectivity index (χ0n) is 7.96. The zero-order chi connectivity index (χ0) is 11.1. The molecule has 0 spiro atoms. The van der Waals surface area contributed by atoms with E-state index in [1.807, 2.05) is 0 Å². The van der Waals surface area contributed by atoms with Crippen molar-refractivity contribution in [2.24, 2.45) is 0 Å². The summed E-state index contributed by atoms with van der Waals surface area (Å²) >= 11 is 6.38. The van der Waals surface area contributed by atoms with Crippen LogP contribution in [-0.4, -0.2) is 31.0 Å². The van der Waals surface area contributed by atoms with Gasteiger partial charge in [-0.25, -0.2) is 0 Å². The molecule has 1 heterocycles. The Hall–Kier alpha value is -0.330. The van der Waals surface area contributed by atoms with E-state index in [2.05, 4.69) is 37.2 Å². The lowest BCUT2D eigenvalue weighted by atomic mass is 10.3. The molecule has 4 nitrogen and oxygen atoms in total. The average Bonchev–Trinajstić information content (AvgIpc) is 2.64. The highest BCUT2D eigenvalue weighted by atomic mass is 79.9. The quantitative estimate of drug-likeness (QED) is 0.638. The number of ether oxygens (including phenoxy) is 1. The number of halogens is 2. The molecule has 15 heavy (non-hydrogen) atoms. The van der Waals surface area contributed by atoms with Crippen molar-refractivity contribution < 1.29 is 13.9 Å². The minimum atomic E-state index is -0.168. The summed E-state index contributed by atoms with van der Waals surface area (Å²) in [5, 5.41) is 3.52. The van der Waals surface area contributed by atoms with Crippen LogP contribution < -0.4 is 5.32 Å². The van der Waals surface area contributed by atoms with Crippen LogP contribution in [0.1, 0.15) is 10.4 Å². The lowest BCUT2D eigenvalue weighted by molar-refractivity contribution is 0.0922. The molecule has 6 heteroatoms. The molecular weight excluding hydrogens is 330 g/mol. The lowest BCUT2D eigenvalue weighted by Crippen LogP contribution is -2.27. The van der Waals surface area contributed by atoms with Crippen molar-refractivity contribution in [3.05, 3.63) is 22.6 Å². The molecular formula is C9H11Br2NO3. The molecule has 1 rings (SSSR count). The molecule has 0 aromatic carbocycles. The molecule has 0 atom stereocenters. The Labute approximate surface area is 105 Å². The van der Waals surface area contributed by atoms with Crippen LogP contribution >= 0.6 is 31.9 Å². The monoisotopic (exact) mass is 339 g/mol. The van der Waals surface area contributed by atoms with E-state index in [1.54, 1.807) is 6.07 Å². The number of carbonyl (C=O) groups is 1. The van der Waals surface area contributed by atoms with Gasteiger partial charge in [0.15, 0.2) is 4.67 Å². The number of carbonyl (C=O) groups excluding carboxylic acids is 1. The maximum atomic E-state index is 11.5. The second-order valence-corrected chi connectivity index (χ2v) is 4.18. The van der Waals surface area contributed by atoms with Crippen molar-refractivity contribution >= 4 is 37.8 Å². The van der Waals surface area contributed by atoms with Gasteiger partial charge in [-0.15, -0.1) is 0 Å². The van der Waals surface area contributed by atoms with Crippen LogP contribution in [0.3, 0.4) is 0 Å². The third-order valence-corrected chi connectivity index (χ3v) is 2.55. The van der Waals surface area contributed by atoms with Gasteiger partial charge in [-0.1, -0.05) is 15.9 Å². The second-order valence-electron chi connectivity index (χ2n) is 2.67. The molecule has 1 aromatic heterocycles. The zero-order valence-corrected chi connectivity index (χ0v) is 11.1. The smallest absolute Gasteiger partial charge is 0.255 e. The summed E-state index contributed by atoms with van der Waals surface area (Å²) in [7, 11) is 0. The first-order chi connectivity index (χ1) is 7.25. The predicted octanol–water partition coefficient (Wildman–Crippen LogP) is 2.18. The minimum absolute atomic E-state index is 0.168. The molecule has 0 saturated heterocycles. The van der Waals surface area contributed by atoms with Crippen molar-refractivity contribution in [1.29, 1.82) is 0 Å². The standard InChI is InChI=1S/C9H11Br2NO3/c10-2-5-14-6-3-12-9(13)7-1-4-15-8(7)11/h1,4H,2-3,5-6H2,(H,12,13). The number of rotatable bonds is 6. The predicted molar refractivity (Wildman–Crippen MR) is 63.4 cm³/mol. The Morgan fingerprint density at radius 1 is 1.53 bits per heavy atom. The van der Waals surface area contributed by atoms with Gasteiger partial charge in [0.25, 0.3) is 5.91 Å². The first-order valence-corrected chi connectivity index (χ1v) is 6.32. The first kappa shape index (κ1) is 12.7. The largest absolute Gasteiger partial charge is 0.457 e. The fraction of sp³-hybridized carbons (Fsp3) is 0.444. The van der Waals surface area contributed by atoms with Crippen LogP contribution in [0.5, 0.6) is 0 Å². The first-order valence-electron chi connectivity index (χ1n) is 4.40. The molecule has 1 aromatic rings. The number of hydrogen-bond acceptors (Lipinski definition) is 3. The minimum Gasteiger partial charge on any atom is -0.457 e. The highest BCUT2D eigenvalue weighted by Gasteiger charge is 2.11. The molecule has 84 valence electrons. The second kappa shape index (κ2) is 7.03. The van der Waals surface area contributed by atoms with Crippen molar-refractivity contribution in [3.63, 3.8) is 0 Å². The van der Waals surface area contributed by atoms with Gasteiger partial charge in [-0.05, 0) is 22.0 Å². The third kappa shape index (κ3) is 4.36. The van der Waals surface area contributed by atoms with Crippen LogP contribution in [0.25, 0.3) is 0 Å². The van der Waals surface area contributed by atoms with E-state index < -0.39 is 0 Å². The third-order valence-electron chi connectivity index (χ3n) is 1.62.